The zero-order valence-corrected chi connectivity index (χ0v) is 15.6. The number of imidazole rings is 1. The third-order valence-electron chi connectivity index (χ3n) is 3.58. The second-order valence-electron chi connectivity index (χ2n) is 6.00. The van der Waals surface area contributed by atoms with Crippen molar-refractivity contribution in [3.8, 4) is 5.82 Å². The van der Waals surface area contributed by atoms with Gasteiger partial charge in [0.25, 0.3) is 0 Å². The van der Waals surface area contributed by atoms with Crippen LogP contribution in [0.5, 0.6) is 0 Å². The lowest BCUT2D eigenvalue weighted by atomic mass is 10.2. The molecule has 0 atom stereocenters. The largest absolute Gasteiger partial charge is 0.357 e. The summed E-state index contributed by atoms with van der Waals surface area (Å²) in [4.78, 5) is 13.1. The standard InChI is InChI=1S/C17H26N6S/c1-5-19-16(22-12-17(2,3)24-4)21-11-14-6-7-20-15(10-14)23-9-8-18-13-23/h6-10,13H,5,11-12H2,1-4H3,(H2,19,21,22). The second-order valence-corrected chi connectivity index (χ2v) is 7.52. The Bertz CT molecular complexity index is 651. The van der Waals surface area contributed by atoms with Crippen LogP contribution in [0, 0.1) is 0 Å². The Kier molecular flexibility index (Phi) is 6.66. The van der Waals surface area contributed by atoms with Crippen LogP contribution in [0.1, 0.15) is 26.3 Å². The molecule has 0 saturated carbocycles. The summed E-state index contributed by atoms with van der Waals surface area (Å²) in [5.41, 5.74) is 1.11. The summed E-state index contributed by atoms with van der Waals surface area (Å²) in [6.45, 7) is 8.79. The monoisotopic (exact) mass is 346 g/mol. The topological polar surface area (TPSA) is 67.1 Å². The van der Waals surface area contributed by atoms with Crippen molar-refractivity contribution in [2.24, 2.45) is 4.99 Å². The zero-order chi connectivity index (χ0) is 17.4. The smallest absolute Gasteiger partial charge is 0.191 e. The highest BCUT2D eigenvalue weighted by Gasteiger charge is 2.16. The molecular formula is C17H26N6S. The molecule has 0 bridgehead atoms. The van der Waals surface area contributed by atoms with Crippen LogP contribution in [0.3, 0.4) is 0 Å². The highest BCUT2D eigenvalue weighted by atomic mass is 32.2. The lowest BCUT2D eigenvalue weighted by Crippen LogP contribution is -2.43. The van der Waals surface area contributed by atoms with Crippen molar-refractivity contribution in [1.29, 1.82) is 0 Å². The van der Waals surface area contributed by atoms with Gasteiger partial charge in [0.1, 0.15) is 12.1 Å². The van der Waals surface area contributed by atoms with E-state index < -0.39 is 0 Å². The number of nitrogens with one attached hydrogen (secondary N) is 2. The van der Waals surface area contributed by atoms with Gasteiger partial charge in [0.05, 0.1) is 6.54 Å². The molecule has 0 aliphatic rings. The number of nitrogens with zero attached hydrogens (tertiary/aromatic N) is 4. The third kappa shape index (κ3) is 5.56. The normalized spacial score (nSPS) is 12.2. The minimum atomic E-state index is 0.168. The van der Waals surface area contributed by atoms with Gasteiger partial charge in [-0.05, 0) is 44.7 Å². The summed E-state index contributed by atoms with van der Waals surface area (Å²) in [7, 11) is 0. The van der Waals surface area contributed by atoms with Crippen LogP contribution < -0.4 is 10.6 Å². The van der Waals surface area contributed by atoms with Crippen LogP contribution in [-0.2, 0) is 6.54 Å². The van der Waals surface area contributed by atoms with E-state index in [1.54, 1.807) is 18.7 Å². The molecular weight excluding hydrogens is 320 g/mol. The molecule has 2 aromatic heterocycles. The maximum atomic E-state index is 4.68. The quantitative estimate of drug-likeness (QED) is 0.595. The number of aliphatic imine (C=N–C) groups is 1. The summed E-state index contributed by atoms with van der Waals surface area (Å²) in [6, 6.07) is 4.01. The predicted molar refractivity (Wildman–Crippen MR) is 102 cm³/mol. The van der Waals surface area contributed by atoms with E-state index in [9.17, 15) is 0 Å². The number of hydrogen-bond acceptors (Lipinski definition) is 4. The highest BCUT2D eigenvalue weighted by molar-refractivity contribution is 7.99. The first-order valence-electron chi connectivity index (χ1n) is 8.04. The maximum absolute atomic E-state index is 4.68. The molecule has 2 aromatic rings. The Hall–Kier alpha value is -2.02. The Morgan fingerprint density at radius 1 is 1.33 bits per heavy atom. The molecule has 0 aliphatic heterocycles. The lowest BCUT2D eigenvalue weighted by molar-refractivity contribution is 0.665. The van der Waals surface area contributed by atoms with Crippen LogP contribution in [0.2, 0.25) is 0 Å². The van der Waals surface area contributed by atoms with Gasteiger partial charge < -0.3 is 10.6 Å². The third-order valence-corrected chi connectivity index (χ3v) is 4.83. The summed E-state index contributed by atoms with van der Waals surface area (Å²) < 4.78 is 2.05. The first-order valence-corrected chi connectivity index (χ1v) is 9.27. The average Bonchev–Trinajstić information content (AvgIpc) is 3.12. The molecule has 0 fully saturated rings. The molecule has 7 heteroatoms. The minimum absolute atomic E-state index is 0.168. The van der Waals surface area contributed by atoms with Crippen molar-refractivity contribution in [2.45, 2.75) is 32.1 Å². The molecule has 0 aromatic carbocycles. The molecule has 2 heterocycles. The number of pyridine rings is 1. The molecule has 0 saturated heterocycles. The van der Waals surface area contributed by atoms with Crippen molar-refractivity contribution < 1.29 is 0 Å². The second kappa shape index (κ2) is 8.73. The zero-order valence-electron chi connectivity index (χ0n) is 14.8. The Labute approximate surface area is 148 Å². The van der Waals surface area contributed by atoms with Crippen molar-refractivity contribution in [2.75, 3.05) is 19.3 Å². The fraction of sp³-hybridized carbons (Fsp3) is 0.471. The SMILES string of the molecule is CCNC(=NCc1ccnc(-n2ccnc2)c1)NCC(C)(C)SC. The molecule has 24 heavy (non-hydrogen) atoms. The van der Waals surface area contributed by atoms with Crippen molar-refractivity contribution in [1.82, 2.24) is 25.2 Å². The van der Waals surface area contributed by atoms with E-state index in [2.05, 4.69) is 52.6 Å². The number of thioether (sulfide) groups is 1. The van der Waals surface area contributed by atoms with Gasteiger partial charge in [-0.1, -0.05) is 0 Å². The molecule has 130 valence electrons. The van der Waals surface area contributed by atoms with Gasteiger partial charge in [0.15, 0.2) is 5.96 Å². The van der Waals surface area contributed by atoms with E-state index in [1.165, 1.54) is 0 Å². The van der Waals surface area contributed by atoms with Gasteiger partial charge in [0, 0.05) is 36.4 Å². The highest BCUT2D eigenvalue weighted by Crippen LogP contribution is 2.19. The fourth-order valence-corrected chi connectivity index (χ4v) is 2.19. The Morgan fingerprint density at radius 3 is 2.83 bits per heavy atom. The molecule has 2 N–H and O–H groups in total. The Morgan fingerprint density at radius 2 is 2.17 bits per heavy atom. The van der Waals surface area contributed by atoms with Gasteiger partial charge in [-0.15, -0.1) is 0 Å². The Balaban J connectivity index is 2.04. The van der Waals surface area contributed by atoms with E-state index in [-0.39, 0.29) is 4.75 Å². The summed E-state index contributed by atoms with van der Waals surface area (Å²) in [6.07, 6.45) is 9.29. The van der Waals surface area contributed by atoms with E-state index in [4.69, 9.17) is 0 Å². The van der Waals surface area contributed by atoms with Gasteiger partial charge in [-0.2, -0.15) is 11.8 Å². The molecule has 2 rings (SSSR count). The number of rotatable bonds is 7. The van der Waals surface area contributed by atoms with Crippen molar-refractivity contribution in [3.05, 3.63) is 42.6 Å². The minimum Gasteiger partial charge on any atom is -0.357 e. The van der Waals surface area contributed by atoms with Gasteiger partial charge in [-0.3, -0.25) is 4.57 Å². The maximum Gasteiger partial charge on any atom is 0.191 e. The molecule has 6 nitrogen and oxygen atoms in total. The van der Waals surface area contributed by atoms with Gasteiger partial charge in [0.2, 0.25) is 0 Å². The first-order chi connectivity index (χ1) is 11.5. The average molecular weight is 347 g/mol. The van der Waals surface area contributed by atoms with E-state index in [0.717, 1.165) is 30.4 Å². The summed E-state index contributed by atoms with van der Waals surface area (Å²) >= 11 is 1.84. The first kappa shape index (κ1) is 18.3. The van der Waals surface area contributed by atoms with Crippen molar-refractivity contribution >= 4 is 17.7 Å². The predicted octanol–water partition coefficient (Wildman–Crippen LogP) is 2.46. The fourth-order valence-electron chi connectivity index (χ4n) is 1.98. The van der Waals surface area contributed by atoms with Crippen LogP contribution in [-0.4, -0.2) is 44.6 Å². The van der Waals surface area contributed by atoms with Gasteiger partial charge in [-0.25, -0.2) is 15.0 Å². The summed E-state index contributed by atoms with van der Waals surface area (Å²) in [5.74, 6) is 1.68. The molecule has 0 unspecified atom stereocenters. The number of guanidine groups is 1. The molecule has 0 aliphatic carbocycles. The number of hydrogen-bond donors (Lipinski definition) is 2. The molecule has 0 radical (unpaired) electrons. The van der Waals surface area contributed by atoms with Crippen LogP contribution >= 0.6 is 11.8 Å². The summed E-state index contributed by atoms with van der Waals surface area (Å²) in [5, 5.41) is 6.70. The van der Waals surface area contributed by atoms with Crippen LogP contribution in [0.25, 0.3) is 5.82 Å². The van der Waals surface area contributed by atoms with Crippen LogP contribution in [0.15, 0.2) is 42.0 Å². The lowest BCUT2D eigenvalue weighted by Gasteiger charge is -2.23. The molecule has 0 amide bonds. The van der Waals surface area contributed by atoms with E-state index in [1.807, 2.05) is 34.7 Å². The van der Waals surface area contributed by atoms with Gasteiger partial charge >= 0.3 is 0 Å². The number of aromatic nitrogens is 3. The van der Waals surface area contributed by atoms with Crippen molar-refractivity contribution in [3.63, 3.8) is 0 Å². The molecule has 0 spiro atoms. The van der Waals surface area contributed by atoms with E-state index in [0.29, 0.717) is 6.54 Å². The van der Waals surface area contributed by atoms with Crippen LogP contribution in [0.4, 0.5) is 0 Å². The van der Waals surface area contributed by atoms with E-state index >= 15 is 0 Å².